The molecule has 1 N–H and O–H groups in total. The van der Waals surface area contributed by atoms with Gasteiger partial charge in [-0.2, -0.15) is 0 Å². The van der Waals surface area contributed by atoms with Gasteiger partial charge in [0.25, 0.3) is 11.8 Å². The van der Waals surface area contributed by atoms with Crippen molar-refractivity contribution in [3.8, 4) is 0 Å². The van der Waals surface area contributed by atoms with Gasteiger partial charge in [-0.1, -0.05) is 28.1 Å². The van der Waals surface area contributed by atoms with Gasteiger partial charge in [0.05, 0.1) is 0 Å². The first-order valence-corrected chi connectivity index (χ1v) is 7.09. The molecule has 108 valence electrons. The third kappa shape index (κ3) is 3.25. The van der Waals surface area contributed by atoms with Crippen molar-refractivity contribution in [3.63, 3.8) is 0 Å². The minimum absolute atomic E-state index is 0.0123. The Morgan fingerprint density at radius 3 is 2.76 bits per heavy atom. The Balaban J connectivity index is 2.42. The Morgan fingerprint density at radius 1 is 1.43 bits per heavy atom. The second kappa shape index (κ2) is 6.28. The van der Waals surface area contributed by atoms with Crippen molar-refractivity contribution < 1.29 is 14.0 Å². The zero-order valence-corrected chi connectivity index (χ0v) is 13.1. The van der Waals surface area contributed by atoms with E-state index in [1.807, 2.05) is 0 Å². The summed E-state index contributed by atoms with van der Waals surface area (Å²) in [7, 11) is 0. The number of carbonyl (C=O) groups is 2. The number of hydrogen-bond acceptors (Lipinski definition) is 3. The van der Waals surface area contributed by atoms with E-state index in [2.05, 4.69) is 27.8 Å². The predicted molar refractivity (Wildman–Crippen MR) is 84.7 cm³/mol. The normalized spacial score (nSPS) is 17.1. The molecule has 2 amide bonds. The van der Waals surface area contributed by atoms with Gasteiger partial charge in [-0.15, -0.1) is 6.58 Å². The maximum absolute atomic E-state index is 13.8. The lowest BCUT2D eigenvalue weighted by molar-refractivity contribution is -0.128. The smallest absolute Gasteiger partial charge is 0.265 e. The van der Waals surface area contributed by atoms with E-state index < -0.39 is 17.6 Å². The Kier molecular flexibility index (Phi) is 4.64. The lowest BCUT2D eigenvalue weighted by atomic mass is 10.1. The highest BCUT2D eigenvalue weighted by atomic mass is 79.9. The molecule has 21 heavy (non-hydrogen) atoms. The van der Waals surface area contributed by atoms with Crippen LogP contribution >= 0.6 is 28.1 Å². The van der Waals surface area contributed by atoms with Gasteiger partial charge in [-0.3, -0.25) is 19.8 Å². The molecule has 1 aromatic carbocycles. The first kappa shape index (κ1) is 15.5. The van der Waals surface area contributed by atoms with E-state index in [1.165, 1.54) is 29.2 Å². The van der Waals surface area contributed by atoms with Crippen LogP contribution in [0.5, 0.6) is 0 Å². The summed E-state index contributed by atoms with van der Waals surface area (Å²) >= 11 is 8.06. The van der Waals surface area contributed by atoms with Crippen molar-refractivity contribution >= 4 is 51.2 Å². The maximum Gasteiger partial charge on any atom is 0.265 e. The zero-order valence-electron chi connectivity index (χ0n) is 10.7. The molecule has 0 bridgehead atoms. The summed E-state index contributed by atoms with van der Waals surface area (Å²) in [5, 5.41) is 2.41. The van der Waals surface area contributed by atoms with Crippen LogP contribution in [0.1, 0.15) is 5.56 Å². The standard InChI is InChI=1S/C14H10BrFN2O2S/c1-2-5-18-13(20)10(12(19)17-14(18)21)6-8-3-4-9(15)7-11(8)16/h2-4,6-7H,1,5H2,(H,17,19,21)/b10-6+. The molecule has 4 nitrogen and oxygen atoms in total. The minimum Gasteiger partial charge on any atom is -0.298 e. The second-order valence-electron chi connectivity index (χ2n) is 4.19. The van der Waals surface area contributed by atoms with Crippen LogP contribution in [0.4, 0.5) is 4.39 Å². The fourth-order valence-electron chi connectivity index (χ4n) is 1.76. The summed E-state index contributed by atoms with van der Waals surface area (Å²) in [4.78, 5) is 25.3. The van der Waals surface area contributed by atoms with E-state index in [4.69, 9.17) is 12.2 Å². The lowest BCUT2D eigenvalue weighted by Gasteiger charge is -2.27. The molecule has 0 unspecified atom stereocenters. The second-order valence-corrected chi connectivity index (χ2v) is 5.49. The van der Waals surface area contributed by atoms with E-state index in [1.54, 1.807) is 6.07 Å². The molecule has 1 aliphatic heterocycles. The molecule has 2 rings (SSSR count). The summed E-state index contributed by atoms with van der Waals surface area (Å²) in [5.74, 6) is -1.76. The number of hydrogen-bond donors (Lipinski definition) is 1. The summed E-state index contributed by atoms with van der Waals surface area (Å²) in [6.07, 6.45) is 2.69. The van der Waals surface area contributed by atoms with Gasteiger partial charge < -0.3 is 0 Å². The molecule has 7 heteroatoms. The average molecular weight is 369 g/mol. The van der Waals surface area contributed by atoms with Crippen LogP contribution in [0, 0.1) is 5.82 Å². The number of benzene rings is 1. The van der Waals surface area contributed by atoms with Crippen molar-refractivity contribution in [1.29, 1.82) is 0 Å². The SMILES string of the molecule is C=CCN1C(=O)/C(=C/c2ccc(Br)cc2F)C(=O)NC1=S. The van der Waals surface area contributed by atoms with Crippen molar-refractivity contribution in [2.24, 2.45) is 0 Å². The van der Waals surface area contributed by atoms with Crippen molar-refractivity contribution in [1.82, 2.24) is 10.2 Å². The monoisotopic (exact) mass is 368 g/mol. The molecule has 0 atom stereocenters. The van der Waals surface area contributed by atoms with E-state index in [-0.39, 0.29) is 22.8 Å². The fraction of sp³-hybridized carbons (Fsp3) is 0.0714. The third-order valence-corrected chi connectivity index (χ3v) is 3.58. The number of nitrogens with one attached hydrogen (secondary N) is 1. The van der Waals surface area contributed by atoms with Gasteiger partial charge in [-0.25, -0.2) is 4.39 Å². The number of thiocarbonyl (C=S) groups is 1. The Bertz CT molecular complexity index is 688. The highest BCUT2D eigenvalue weighted by Crippen LogP contribution is 2.20. The maximum atomic E-state index is 13.8. The third-order valence-electron chi connectivity index (χ3n) is 2.76. The number of carbonyl (C=O) groups excluding carboxylic acids is 2. The minimum atomic E-state index is -0.646. The molecule has 1 heterocycles. The first-order valence-electron chi connectivity index (χ1n) is 5.89. The summed E-state index contributed by atoms with van der Waals surface area (Å²) in [5.41, 5.74) is -0.0326. The summed E-state index contributed by atoms with van der Waals surface area (Å²) < 4.78 is 14.4. The number of nitrogens with zero attached hydrogens (tertiary/aromatic N) is 1. The van der Waals surface area contributed by atoms with Gasteiger partial charge in [0, 0.05) is 16.6 Å². The highest BCUT2D eigenvalue weighted by molar-refractivity contribution is 9.10. The Hall–Kier alpha value is -1.86. The largest absolute Gasteiger partial charge is 0.298 e. The van der Waals surface area contributed by atoms with Crippen molar-refractivity contribution in [3.05, 3.63) is 52.3 Å². The number of amides is 2. The molecule has 1 aliphatic rings. The summed E-state index contributed by atoms with van der Waals surface area (Å²) in [6.45, 7) is 3.69. The van der Waals surface area contributed by atoms with Crippen LogP contribution in [-0.4, -0.2) is 28.4 Å². The van der Waals surface area contributed by atoms with Gasteiger partial charge in [0.2, 0.25) is 0 Å². The summed E-state index contributed by atoms with van der Waals surface area (Å²) in [6, 6.07) is 4.34. The molecule has 0 aliphatic carbocycles. The van der Waals surface area contributed by atoms with Crippen LogP contribution < -0.4 is 5.32 Å². The van der Waals surface area contributed by atoms with Crippen LogP contribution in [-0.2, 0) is 9.59 Å². The molecule has 1 saturated heterocycles. The Morgan fingerprint density at radius 2 is 2.14 bits per heavy atom. The van der Waals surface area contributed by atoms with E-state index in [9.17, 15) is 14.0 Å². The molecule has 0 radical (unpaired) electrons. The van der Waals surface area contributed by atoms with Crippen LogP contribution in [0.25, 0.3) is 6.08 Å². The molecule has 1 aromatic rings. The zero-order chi connectivity index (χ0) is 15.6. The van der Waals surface area contributed by atoms with Crippen LogP contribution in [0.15, 0.2) is 40.9 Å². The quantitative estimate of drug-likeness (QED) is 0.385. The van der Waals surface area contributed by atoms with Crippen LogP contribution in [0.3, 0.4) is 0 Å². The topological polar surface area (TPSA) is 49.4 Å². The molecule has 1 fully saturated rings. The molecular weight excluding hydrogens is 359 g/mol. The van der Waals surface area contributed by atoms with E-state index >= 15 is 0 Å². The van der Waals surface area contributed by atoms with Crippen molar-refractivity contribution in [2.75, 3.05) is 6.54 Å². The molecule has 0 spiro atoms. The van der Waals surface area contributed by atoms with Gasteiger partial charge >= 0.3 is 0 Å². The fourth-order valence-corrected chi connectivity index (χ4v) is 2.35. The highest BCUT2D eigenvalue weighted by Gasteiger charge is 2.32. The lowest BCUT2D eigenvalue weighted by Crippen LogP contribution is -2.53. The van der Waals surface area contributed by atoms with Gasteiger partial charge in [0.1, 0.15) is 11.4 Å². The van der Waals surface area contributed by atoms with E-state index in [0.717, 1.165) is 0 Å². The number of rotatable bonds is 3. The van der Waals surface area contributed by atoms with Crippen LogP contribution in [0.2, 0.25) is 0 Å². The molecular formula is C14H10BrFN2O2S. The molecule has 0 saturated carbocycles. The average Bonchev–Trinajstić information content (AvgIpc) is 2.41. The number of halogens is 2. The Labute approximate surface area is 134 Å². The molecule has 0 aromatic heterocycles. The van der Waals surface area contributed by atoms with Crippen molar-refractivity contribution in [2.45, 2.75) is 0 Å². The predicted octanol–water partition coefficient (Wildman–Crippen LogP) is 2.40. The first-order chi connectivity index (χ1) is 9.93. The van der Waals surface area contributed by atoms with Gasteiger partial charge in [-0.05, 0) is 30.4 Å². The van der Waals surface area contributed by atoms with Gasteiger partial charge in [0.15, 0.2) is 5.11 Å². The van der Waals surface area contributed by atoms with E-state index in [0.29, 0.717) is 4.47 Å².